The molecule has 0 aromatic heterocycles. The molecule has 5 fully saturated rings. The number of hydrogen-bond acceptors (Lipinski definition) is 1. The summed E-state index contributed by atoms with van der Waals surface area (Å²) in [5.41, 5.74) is 0.992. The highest BCUT2D eigenvalue weighted by Crippen LogP contribution is 2.61. The third-order valence-corrected chi connectivity index (χ3v) is 6.33. The summed E-state index contributed by atoms with van der Waals surface area (Å²) in [6.45, 7) is 4.82. The van der Waals surface area contributed by atoms with Crippen LogP contribution in [0, 0.1) is 23.7 Å². The van der Waals surface area contributed by atoms with Crippen molar-refractivity contribution in [3.8, 4) is 0 Å². The van der Waals surface area contributed by atoms with E-state index in [1.165, 1.54) is 12.8 Å². The average Bonchev–Trinajstić information content (AvgIpc) is 2.52. The second-order valence-electron chi connectivity index (χ2n) is 7.85. The largest absolute Gasteiger partial charge is 0.306 e. The highest BCUT2D eigenvalue weighted by Gasteiger charge is 2.60. The van der Waals surface area contributed by atoms with Gasteiger partial charge in [0.2, 0.25) is 0 Å². The molecule has 0 aromatic rings. The highest BCUT2D eigenvalue weighted by molar-refractivity contribution is 5.16. The zero-order valence-electron chi connectivity index (χ0n) is 10.8. The summed E-state index contributed by atoms with van der Waals surface area (Å²) in [6.07, 6.45) is 10.6. The van der Waals surface area contributed by atoms with Crippen LogP contribution in [0.25, 0.3) is 0 Å². The summed E-state index contributed by atoms with van der Waals surface area (Å²) in [5.74, 6) is 4.29. The fraction of sp³-hybridized carbons (Fsp3) is 1.00. The molecule has 0 aromatic carbocycles. The molecule has 1 saturated heterocycles. The second kappa shape index (κ2) is 2.85. The summed E-state index contributed by atoms with van der Waals surface area (Å²) in [5, 5.41) is 4.09. The molecule has 1 spiro atoms. The highest BCUT2D eigenvalue weighted by atomic mass is 15.1. The fourth-order valence-electron chi connectivity index (χ4n) is 5.91. The van der Waals surface area contributed by atoms with E-state index in [0.717, 1.165) is 23.7 Å². The van der Waals surface area contributed by atoms with Crippen LogP contribution in [-0.2, 0) is 0 Å². The van der Waals surface area contributed by atoms with E-state index in [9.17, 15) is 0 Å². The van der Waals surface area contributed by atoms with E-state index < -0.39 is 0 Å². The quantitative estimate of drug-likeness (QED) is 0.659. The molecule has 1 heteroatoms. The Morgan fingerprint density at radius 1 is 0.812 bits per heavy atom. The Kier molecular flexibility index (Phi) is 1.77. The van der Waals surface area contributed by atoms with Gasteiger partial charge in [0.05, 0.1) is 0 Å². The van der Waals surface area contributed by atoms with Crippen LogP contribution in [0.15, 0.2) is 0 Å². The molecule has 5 rings (SSSR count). The minimum absolute atomic E-state index is 0.412. The van der Waals surface area contributed by atoms with Gasteiger partial charge < -0.3 is 5.32 Å². The molecule has 0 amide bonds. The molecular formula is C15H25N. The molecule has 4 aliphatic carbocycles. The zero-order valence-corrected chi connectivity index (χ0v) is 10.8. The van der Waals surface area contributed by atoms with Gasteiger partial charge in [-0.25, -0.2) is 0 Å². The van der Waals surface area contributed by atoms with Crippen molar-refractivity contribution in [1.82, 2.24) is 5.32 Å². The van der Waals surface area contributed by atoms with Gasteiger partial charge >= 0.3 is 0 Å². The molecule has 1 N–H and O–H groups in total. The van der Waals surface area contributed by atoms with Crippen LogP contribution >= 0.6 is 0 Å². The predicted octanol–water partition coefficient (Wildman–Crippen LogP) is 3.34. The van der Waals surface area contributed by atoms with Crippen molar-refractivity contribution in [1.29, 1.82) is 0 Å². The van der Waals surface area contributed by atoms with Gasteiger partial charge in [-0.15, -0.1) is 0 Å². The fourth-order valence-corrected chi connectivity index (χ4v) is 5.91. The molecule has 90 valence electrons. The first kappa shape index (κ1) is 9.94. The van der Waals surface area contributed by atoms with Gasteiger partial charge in [-0.3, -0.25) is 0 Å². The van der Waals surface area contributed by atoms with Gasteiger partial charge in [-0.05, 0) is 82.5 Å². The smallest absolute Gasteiger partial charge is 0.0243 e. The minimum atomic E-state index is 0.412. The Hall–Kier alpha value is -0.0400. The van der Waals surface area contributed by atoms with E-state index in [2.05, 4.69) is 19.2 Å². The van der Waals surface area contributed by atoms with E-state index in [1.807, 2.05) is 0 Å². The molecule has 1 nitrogen and oxygen atoms in total. The Morgan fingerprint density at radius 2 is 1.38 bits per heavy atom. The van der Waals surface area contributed by atoms with Crippen molar-refractivity contribution in [2.45, 2.75) is 69.9 Å². The van der Waals surface area contributed by atoms with E-state index >= 15 is 0 Å². The second-order valence-corrected chi connectivity index (χ2v) is 7.85. The van der Waals surface area contributed by atoms with Crippen LogP contribution in [-0.4, -0.2) is 11.1 Å². The van der Waals surface area contributed by atoms with E-state index in [1.54, 1.807) is 32.1 Å². The van der Waals surface area contributed by atoms with E-state index in [4.69, 9.17) is 0 Å². The number of nitrogens with one attached hydrogen (secondary N) is 1. The van der Waals surface area contributed by atoms with Crippen molar-refractivity contribution in [2.75, 3.05) is 0 Å². The third kappa shape index (κ3) is 1.16. The minimum Gasteiger partial charge on any atom is -0.306 e. The summed E-state index contributed by atoms with van der Waals surface area (Å²) < 4.78 is 0. The first-order valence-corrected chi connectivity index (χ1v) is 7.37. The lowest BCUT2D eigenvalue weighted by atomic mass is 9.48. The van der Waals surface area contributed by atoms with E-state index in [-0.39, 0.29) is 0 Å². The lowest BCUT2D eigenvalue weighted by Crippen LogP contribution is -2.64. The Morgan fingerprint density at radius 3 is 1.81 bits per heavy atom. The molecule has 4 saturated carbocycles. The van der Waals surface area contributed by atoms with Crippen molar-refractivity contribution >= 4 is 0 Å². The molecule has 0 radical (unpaired) electrons. The molecule has 0 atom stereocenters. The van der Waals surface area contributed by atoms with Gasteiger partial charge in [-0.2, -0.15) is 0 Å². The van der Waals surface area contributed by atoms with Crippen LogP contribution in [0.4, 0.5) is 0 Å². The zero-order chi connectivity index (χ0) is 11.0. The van der Waals surface area contributed by atoms with Gasteiger partial charge in [0.25, 0.3) is 0 Å². The van der Waals surface area contributed by atoms with Crippen molar-refractivity contribution in [3.05, 3.63) is 0 Å². The molecule has 1 heterocycles. The molecular weight excluding hydrogens is 194 g/mol. The SMILES string of the molecule is CC1(C)CCC2(N1)C1CC3CC(C1)CC2C3. The maximum atomic E-state index is 4.09. The van der Waals surface area contributed by atoms with Crippen molar-refractivity contribution in [3.63, 3.8) is 0 Å². The van der Waals surface area contributed by atoms with Crippen molar-refractivity contribution in [2.24, 2.45) is 23.7 Å². The van der Waals surface area contributed by atoms with E-state index in [0.29, 0.717) is 11.1 Å². The standard InChI is InChI=1S/C15H25N/c1-14(2)3-4-15(16-14)12-6-10-5-11(8-12)9-13(15)7-10/h10-13,16H,3-9H2,1-2H3. The van der Waals surface area contributed by atoms with Crippen LogP contribution in [0.2, 0.25) is 0 Å². The van der Waals surface area contributed by atoms with Crippen LogP contribution < -0.4 is 5.32 Å². The van der Waals surface area contributed by atoms with Gasteiger partial charge in [0.15, 0.2) is 0 Å². The first-order chi connectivity index (χ1) is 7.57. The average molecular weight is 219 g/mol. The summed E-state index contributed by atoms with van der Waals surface area (Å²) in [6, 6.07) is 0. The topological polar surface area (TPSA) is 12.0 Å². The maximum Gasteiger partial charge on any atom is 0.0243 e. The monoisotopic (exact) mass is 219 g/mol. The van der Waals surface area contributed by atoms with Crippen molar-refractivity contribution < 1.29 is 0 Å². The lowest BCUT2D eigenvalue weighted by Gasteiger charge is -2.61. The Bertz CT molecular complexity index is 289. The number of rotatable bonds is 0. The Labute approximate surface area is 99.4 Å². The van der Waals surface area contributed by atoms with Gasteiger partial charge in [0, 0.05) is 11.1 Å². The van der Waals surface area contributed by atoms with Crippen LogP contribution in [0.5, 0.6) is 0 Å². The third-order valence-electron chi connectivity index (χ3n) is 6.33. The molecule has 1 aliphatic heterocycles. The summed E-state index contributed by atoms with van der Waals surface area (Å²) in [4.78, 5) is 0. The normalized spacial score (nSPS) is 57.4. The van der Waals surface area contributed by atoms with Crippen LogP contribution in [0.3, 0.4) is 0 Å². The first-order valence-electron chi connectivity index (χ1n) is 7.37. The summed E-state index contributed by atoms with van der Waals surface area (Å²) in [7, 11) is 0. The summed E-state index contributed by atoms with van der Waals surface area (Å²) >= 11 is 0. The molecule has 16 heavy (non-hydrogen) atoms. The van der Waals surface area contributed by atoms with Crippen LogP contribution in [0.1, 0.15) is 58.8 Å². The maximum absolute atomic E-state index is 4.09. The predicted molar refractivity (Wildman–Crippen MR) is 66.2 cm³/mol. The molecule has 4 bridgehead atoms. The Balaban J connectivity index is 1.70. The molecule has 0 unspecified atom stereocenters. The molecule has 5 aliphatic rings. The lowest BCUT2D eigenvalue weighted by molar-refractivity contribution is -0.0690. The number of hydrogen-bond donors (Lipinski definition) is 1. The van der Waals surface area contributed by atoms with Gasteiger partial charge in [-0.1, -0.05) is 0 Å². The van der Waals surface area contributed by atoms with Gasteiger partial charge in [0.1, 0.15) is 0 Å².